The normalized spacial score (nSPS) is 14.4. The zero-order valence-corrected chi connectivity index (χ0v) is 10.2. The van der Waals surface area contributed by atoms with Gasteiger partial charge < -0.3 is 14.8 Å². The molecule has 1 unspecified atom stereocenters. The van der Waals surface area contributed by atoms with Gasteiger partial charge >= 0.3 is 0 Å². The van der Waals surface area contributed by atoms with E-state index in [1.807, 2.05) is 7.05 Å². The fraction of sp³-hybridized carbons (Fsp3) is 1.00. The summed E-state index contributed by atoms with van der Waals surface area (Å²) < 4.78 is 10.7. The van der Waals surface area contributed by atoms with Gasteiger partial charge in [0.1, 0.15) is 0 Å². The standard InChI is InChI=1S/C11H25NO2/c1-11(2,3)14-8-6-7-10(12-4)9-13-5/h10,12H,6-9H2,1-5H3. The van der Waals surface area contributed by atoms with Crippen LogP contribution >= 0.6 is 0 Å². The summed E-state index contributed by atoms with van der Waals surface area (Å²) in [5.74, 6) is 0. The molecule has 3 heteroatoms. The quantitative estimate of drug-likeness (QED) is 0.640. The van der Waals surface area contributed by atoms with E-state index in [-0.39, 0.29) is 5.60 Å². The first-order valence-electron chi connectivity index (χ1n) is 5.29. The van der Waals surface area contributed by atoms with Crippen molar-refractivity contribution in [1.29, 1.82) is 0 Å². The van der Waals surface area contributed by atoms with Crippen molar-refractivity contribution in [2.24, 2.45) is 0 Å². The van der Waals surface area contributed by atoms with Crippen LogP contribution in [0, 0.1) is 0 Å². The van der Waals surface area contributed by atoms with Gasteiger partial charge in [-0.1, -0.05) is 0 Å². The lowest BCUT2D eigenvalue weighted by Crippen LogP contribution is -2.30. The van der Waals surface area contributed by atoms with Gasteiger partial charge in [-0.05, 0) is 40.7 Å². The largest absolute Gasteiger partial charge is 0.383 e. The fourth-order valence-electron chi connectivity index (χ4n) is 1.22. The van der Waals surface area contributed by atoms with Gasteiger partial charge in [0.25, 0.3) is 0 Å². The van der Waals surface area contributed by atoms with Crippen LogP contribution < -0.4 is 5.32 Å². The zero-order valence-electron chi connectivity index (χ0n) is 10.2. The second-order valence-electron chi connectivity index (χ2n) is 4.54. The van der Waals surface area contributed by atoms with Crippen molar-refractivity contribution < 1.29 is 9.47 Å². The third-order valence-corrected chi connectivity index (χ3v) is 2.01. The highest BCUT2D eigenvalue weighted by Gasteiger charge is 2.10. The molecule has 0 aromatic heterocycles. The monoisotopic (exact) mass is 203 g/mol. The zero-order chi connectivity index (χ0) is 11.0. The molecule has 0 aliphatic rings. The van der Waals surface area contributed by atoms with E-state index in [0.29, 0.717) is 6.04 Å². The van der Waals surface area contributed by atoms with E-state index in [2.05, 4.69) is 26.1 Å². The Hall–Kier alpha value is -0.120. The summed E-state index contributed by atoms with van der Waals surface area (Å²) in [5, 5.41) is 3.22. The maximum Gasteiger partial charge on any atom is 0.0615 e. The summed E-state index contributed by atoms with van der Waals surface area (Å²) in [6, 6.07) is 0.448. The molecule has 0 aromatic rings. The highest BCUT2D eigenvalue weighted by Crippen LogP contribution is 2.08. The lowest BCUT2D eigenvalue weighted by molar-refractivity contribution is -0.00606. The molecule has 1 N–H and O–H groups in total. The minimum absolute atomic E-state index is 0.0175. The number of likely N-dealkylation sites (N-methyl/N-ethyl adjacent to an activating group) is 1. The predicted molar refractivity (Wildman–Crippen MR) is 59.7 cm³/mol. The Morgan fingerprint density at radius 3 is 2.36 bits per heavy atom. The number of rotatable bonds is 7. The van der Waals surface area contributed by atoms with Crippen LogP contribution in [0.25, 0.3) is 0 Å². The molecule has 0 rings (SSSR count). The van der Waals surface area contributed by atoms with E-state index in [1.54, 1.807) is 7.11 Å². The van der Waals surface area contributed by atoms with Gasteiger partial charge in [-0.2, -0.15) is 0 Å². The van der Waals surface area contributed by atoms with Crippen molar-refractivity contribution in [2.75, 3.05) is 27.4 Å². The molecule has 0 radical (unpaired) electrons. The molecule has 86 valence electrons. The number of ether oxygens (including phenoxy) is 2. The maximum atomic E-state index is 5.63. The second-order valence-corrected chi connectivity index (χ2v) is 4.54. The van der Waals surface area contributed by atoms with Crippen LogP contribution in [0.15, 0.2) is 0 Å². The molecular formula is C11H25NO2. The first kappa shape index (κ1) is 13.9. The Morgan fingerprint density at radius 1 is 1.29 bits per heavy atom. The van der Waals surface area contributed by atoms with E-state index >= 15 is 0 Å². The molecule has 1 atom stereocenters. The minimum Gasteiger partial charge on any atom is -0.383 e. The molecule has 0 heterocycles. The van der Waals surface area contributed by atoms with Gasteiger partial charge in [-0.15, -0.1) is 0 Å². The average Bonchev–Trinajstić information content (AvgIpc) is 2.08. The molecule has 0 bridgehead atoms. The van der Waals surface area contributed by atoms with Crippen molar-refractivity contribution in [1.82, 2.24) is 5.32 Å². The Morgan fingerprint density at radius 2 is 1.93 bits per heavy atom. The molecule has 14 heavy (non-hydrogen) atoms. The van der Waals surface area contributed by atoms with Crippen LogP contribution in [0.1, 0.15) is 33.6 Å². The Balaban J connectivity index is 3.42. The topological polar surface area (TPSA) is 30.5 Å². The van der Waals surface area contributed by atoms with Crippen molar-refractivity contribution in [3.63, 3.8) is 0 Å². The third kappa shape index (κ3) is 8.48. The van der Waals surface area contributed by atoms with Gasteiger partial charge in [0.2, 0.25) is 0 Å². The van der Waals surface area contributed by atoms with E-state index in [9.17, 15) is 0 Å². The van der Waals surface area contributed by atoms with Gasteiger partial charge in [0.15, 0.2) is 0 Å². The molecule has 0 fully saturated rings. The Bertz CT molecular complexity index is 132. The molecule has 0 saturated carbocycles. The molecule has 0 aliphatic heterocycles. The number of hydrogen-bond donors (Lipinski definition) is 1. The van der Waals surface area contributed by atoms with E-state index < -0.39 is 0 Å². The highest BCUT2D eigenvalue weighted by molar-refractivity contribution is 4.64. The Kier molecular flexibility index (Phi) is 7.15. The number of methoxy groups -OCH3 is 1. The summed E-state index contributed by atoms with van der Waals surface area (Å²) >= 11 is 0. The van der Waals surface area contributed by atoms with Crippen LogP contribution in [-0.4, -0.2) is 39.0 Å². The second kappa shape index (κ2) is 7.21. The van der Waals surface area contributed by atoms with E-state index in [0.717, 1.165) is 26.1 Å². The first-order chi connectivity index (χ1) is 6.49. The molecule has 0 amide bonds. The molecule has 0 saturated heterocycles. The average molecular weight is 203 g/mol. The summed E-state index contributed by atoms with van der Waals surface area (Å²) in [5.41, 5.74) is -0.0175. The number of hydrogen-bond acceptors (Lipinski definition) is 3. The summed E-state index contributed by atoms with van der Waals surface area (Å²) in [7, 11) is 3.70. The summed E-state index contributed by atoms with van der Waals surface area (Å²) in [4.78, 5) is 0. The summed E-state index contributed by atoms with van der Waals surface area (Å²) in [6.07, 6.45) is 2.17. The molecule has 0 aromatic carbocycles. The van der Waals surface area contributed by atoms with Gasteiger partial charge in [-0.3, -0.25) is 0 Å². The van der Waals surface area contributed by atoms with Crippen LogP contribution in [0.3, 0.4) is 0 Å². The van der Waals surface area contributed by atoms with Crippen LogP contribution in [-0.2, 0) is 9.47 Å². The third-order valence-electron chi connectivity index (χ3n) is 2.01. The lowest BCUT2D eigenvalue weighted by atomic mass is 10.1. The van der Waals surface area contributed by atoms with Crippen LogP contribution in [0.2, 0.25) is 0 Å². The first-order valence-corrected chi connectivity index (χ1v) is 5.29. The fourth-order valence-corrected chi connectivity index (χ4v) is 1.22. The van der Waals surface area contributed by atoms with Gasteiger partial charge in [-0.25, -0.2) is 0 Å². The molecule has 0 aliphatic carbocycles. The lowest BCUT2D eigenvalue weighted by Gasteiger charge is -2.20. The smallest absolute Gasteiger partial charge is 0.0615 e. The van der Waals surface area contributed by atoms with Crippen molar-refractivity contribution in [2.45, 2.75) is 45.3 Å². The number of nitrogens with one attached hydrogen (secondary N) is 1. The van der Waals surface area contributed by atoms with E-state index in [1.165, 1.54) is 0 Å². The van der Waals surface area contributed by atoms with Crippen molar-refractivity contribution in [3.05, 3.63) is 0 Å². The van der Waals surface area contributed by atoms with Gasteiger partial charge in [0.05, 0.1) is 12.2 Å². The van der Waals surface area contributed by atoms with Crippen LogP contribution in [0.5, 0.6) is 0 Å². The SMILES string of the molecule is CNC(CCCOC(C)(C)C)COC. The van der Waals surface area contributed by atoms with Crippen molar-refractivity contribution >= 4 is 0 Å². The van der Waals surface area contributed by atoms with Crippen molar-refractivity contribution in [3.8, 4) is 0 Å². The molecule has 0 spiro atoms. The minimum atomic E-state index is -0.0175. The Labute approximate surface area is 88.2 Å². The summed E-state index contributed by atoms with van der Waals surface area (Å²) in [6.45, 7) is 7.84. The maximum absolute atomic E-state index is 5.63. The predicted octanol–water partition coefficient (Wildman–Crippen LogP) is 1.82. The van der Waals surface area contributed by atoms with E-state index in [4.69, 9.17) is 9.47 Å². The highest BCUT2D eigenvalue weighted by atomic mass is 16.5. The molecule has 3 nitrogen and oxygen atoms in total. The van der Waals surface area contributed by atoms with Gasteiger partial charge in [0, 0.05) is 19.8 Å². The molecular weight excluding hydrogens is 178 g/mol. The van der Waals surface area contributed by atoms with Crippen LogP contribution in [0.4, 0.5) is 0 Å².